The van der Waals surface area contributed by atoms with Crippen LogP contribution in [0.3, 0.4) is 0 Å². The lowest BCUT2D eigenvalue weighted by molar-refractivity contribution is -0.179. The van der Waals surface area contributed by atoms with Gasteiger partial charge in [0.15, 0.2) is 5.78 Å². The van der Waals surface area contributed by atoms with Gasteiger partial charge in [0.1, 0.15) is 0 Å². The Kier molecular flexibility index (Phi) is 30.9. The Bertz CT molecular complexity index is 773. The van der Waals surface area contributed by atoms with Crippen molar-refractivity contribution in [1.82, 2.24) is 0 Å². The molecule has 0 fully saturated rings. The zero-order chi connectivity index (χ0) is 33.3. The fraction of sp³-hybridized carbons (Fsp3) is 0.821. The van der Waals surface area contributed by atoms with Crippen LogP contribution in [-0.2, 0) is 19.1 Å². The molecule has 262 valence electrons. The molecule has 0 aromatic heterocycles. The molecule has 0 aromatic rings. The molecule has 6 heteroatoms. The van der Waals surface area contributed by atoms with Crippen LogP contribution in [0.2, 0.25) is 0 Å². The Morgan fingerprint density at radius 2 is 0.844 bits per heavy atom. The SMILES string of the molecule is CCCCCCCCC=CCCCCCCCC(=O)OC(=O)C(O)(CO)C(=O)CCCCCCCC=CCCCCCCCC. The molecule has 0 aliphatic rings. The third-order valence-corrected chi connectivity index (χ3v) is 8.54. The van der Waals surface area contributed by atoms with Crippen LogP contribution >= 0.6 is 0 Å². The number of allylic oxidation sites excluding steroid dienone is 4. The Hall–Kier alpha value is -1.79. The number of rotatable bonds is 33. The van der Waals surface area contributed by atoms with Crippen LogP contribution in [-0.4, -0.2) is 40.1 Å². The number of Topliss-reactive ketones (excluding diaryl/α,β-unsaturated/α-hetero) is 1. The van der Waals surface area contributed by atoms with Crippen molar-refractivity contribution in [2.45, 2.75) is 199 Å². The summed E-state index contributed by atoms with van der Waals surface area (Å²) < 4.78 is 4.75. The summed E-state index contributed by atoms with van der Waals surface area (Å²) in [6.45, 7) is 3.39. The van der Waals surface area contributed by atoms with E-state index < -0.39 is 29.9 Å². The average molecular weight is 635 g/mol. The summed E-state index contributed by atoms with van der Waals surface area (Å²) in [4.78, 5) is 37.0. The minimum absolute atomic E-state index is 0.0350. The van der Waals surface area contributed by atoms with Crippen LogP contribution in [0.25, 0.3) is 0 Å². The third-order valence-electron chi connectivity index (χ3n) is 8.54. The van der Waals surface area contributed by atoms with E-state index in [1.54, 1.807) is 0 Å². The number of aliphatic hydroxyl groups excluding tert-OH is 1. The predicted octanol–water partition coefficient (Wildman–Crippen LogP) is 10.4. The van der Waals surface area contributed by atoms with E-state index in [1.807, 2.05) is 0 Å². The van der Waals surface area contributed by atoms with E-state index in [4.69, 9.17) is 4.74 Å². The zero-order valence-corrected chi connectivity index (χ0v) is 29.3. The summed E-state index contributed by atoms with van der Waals surface area (Å²) in [5.41, 5.74) is -2.67. The molecule has 2 N–H and O–H groups in total. The second-order valence-electron chi connectivity index (χ2n) is 12.9. The third kappa shape index (κ3) is 26.0. The number of ketones is 1. The maximum atomic E-state index is 12.5. The highest BCUT2D eigenvalue weighted by Gasteiger charge is 2.45. The molecular weight excluding hydrogens is 564 g/mol. The van der Waals surface area contributed by atoms with Crippen LogP contribution in [0.4, 0.5) is 0 Å². The molecule has 0 spiro atoms. The average Bonchev–Trinajstić information content (AvgIpc) is 3.04. The standard InChI is InChI=1S/C39H70O6/c1-3-5-7-9-11-13-15-17-19-21-23-25-27-29-31-33-36(41)39(44,35-40)38(43)45-37(42)34-32-30-28-26-24-22-20-18-16-14-12-10-8-6-4-2/h17-20,40,44H,3-16,21-35H2,1-2H3. The van der Waals surface area contributed by atoms with Gasteiger partial charge >= 0.3 is 11.9 Å². The molecule has 0 aliphatic carbocycles. The number of carbonyl (C=O) groups excluding carboxylic acids is 3. The Labute approximate surface area is 276 Å². The van der Waals surface area contributed by atoms with Crippen molar-refractivity contribution in [2.75, 3.05) is 6.61 Å². The molecule has 0 rings (SSSR count). The Morgan fingerprint density at radius 3 is 1.22 bits per heavy atom. The van der Waals surface area contributed by atoms with Gasteiger partial charge in [-0.15, -0.1) is 0 Å². The van der Waals surface area contributed by atoms with Crippen LogP contribution in [0.15, 0.2) is 24.3 Å². The van der Waals surface area contributed by atoms with Crippen LogP contribution in [0, 0.1) is 0 Å². The summed E-state index contributed by atoms with van der Waals surface area (Å²) >= 11 is 0. The topological polar surface area (TPSA) is 101 Å². The van der Waals surface area contributed by atoms with E-state index in [1.165, 1.54) is 83.5 Å². The highest BCUT2D eigenvalue weighted by molar-refractivity contribution is 6.09. The number of unbranched alkanes of at least 4 members (excludes halogenated alkanes) is 22. The van der Waals surface area contributed by atoms with Gasteiger partial charge < -0.3 is 14.9 Å². The first-order valence-corrected chi connectivity index (χ1v) is 18.8. The molecule has 1 unspecified atom stereocenters. The normalized spacial score (nSPS) is 13.1. The molecule has 0 radical (unpaired) electrons. The highest BCUT2D eigenvalue weighted by atomic mass is 16.6. The van der Waals surface area contributed by atoms with Gasteiger partial charge in [-0.2, -0.15) is 0 Å². The number of hydrogen-bond acceptors (Lipinski definition) is 6. The van der Waals surface area contributed by atoms with E-state index in [0.717, 1.165) is 70.6 Å². The monoisotopic (exact) mass is 635 g/mol. The largest absolute Gasteiger partial charge is 0.392 e. The number of hydrogen-bond donors (Lipinski definition) is 2. The Morgan fingerprint density at radius 1 is 0.511 bits per heavy atom. The smallest absolute Gasteiger partial charge is 0.356 e. The van der Waals surface area contributed by atoms with Crippen LogP contribution in [0.5, 0.6) is 0 Å². The van der Waals surface area contributed by atoms with Crippen molar-refractivity contribution in [3.63, 3.8) is 0 Å². The second kappa shape index (κ2) is 32.2. The maximum Gasteiger partial charge on any atom is 0.356 e. The summed E-state index contributed by atoms with van der Waals surface area (Å²) in [6.07, 6.45) is 38.6. The van der Waals surface area contributed by atoms with Gasteiger partial charge in [-0.05, 0) is 64.2 Å². The van der Waals surface area contributed by atoms with Crippen LogP contribution < -0.4 is 0 Å². The number of esters is 2. The molecule has 0 amide bonds. The molecule has 0 saturated carbocycles. The molecule has 45 heavy (non-hydrogen) atoms. The van der Waals surface area contributed by atoms with E-state index in [2.05, 4.69) is 38.2 Å². The highest BCUT2D eigenvalue weighted by Crippen LogP contribution is 2.17. The van der Waals surface area contributed by atoms with Crippen molar-refractivity contribution in [3.05, 3.63) is 24.3 Å². The zero-order valence-electron chi connectivity index (χ0n) is 29.3. The lowest BCUT2D eigenvalue weighted by Gasteiger charge is -2.21. The van der Waals surface area contributed by atoms with Crippen molar-refractivity contribution in [3.8, 4) is 0 Å². The fourth-order valence-electron chi connectivity index (χ4n) is 5.41. The summed E-state index contributed by atoms with van der Waals surface area (Å²) in [5, 5.41) is 20.1. The number of carbonyl (C=O) groups is 3. The fourth-order valence-corrected chi connectivity index (χ4v) is 5.41. The van der Waals surface area contributed by atoms with Gasteiger partial charge in [-0.1, -0.05) is 141 Å². The molecule has 0 heterocycles. The van der Waals surface area contributed by atoms with Gasteiger partial charge in [0.25, 0.3) is 0 Å². The molecular formula is C39H70O6. The minimum Gasteiger partial charge on any atom is -0.392 e. The lowest BCUT2D eigenvalue weighted by atomic mass is 9.94. The molecule has 0 bridgehead atoms. The molecule has 0 saturated heterocycles. The maximum absolute atomic E-state index is 12.5. The van der Waals surface area contributed by atoms with Crippen molar-refractivity contribution in [2.24, 2.45) is 0 Å². The van der Waals surface area contributed by atoms with E-state index in [-0.39, 0.29) is 12.8 Å². The van der Waals surface area contributed by atoms with E-state index >= 15 is 0 Å². The van der Waals surface area contributed by atoms with Gasteiger partial charge in [-0.25, -0.2) is 4.79 Å². The summed E-state index contributed by atoms with van der Waals surface area (Å²) in [5.74, 6) is -2.92. The minimum atomic E-state index is -2.67. The number of aliphatic hydroxyl groups is 2. The van der Waals surface area contributed by atoms with Gasteiger partial charge in [-0.3, -0.25) is 9.59 Å². The predicted molar refractivity (Wildman–Crippen MR) is 187 cm³/mol. The second-order valence-corrected chi connectivity index (χ2v) is 12.9. The molecule has 1 atom stereocenters. The first-order valence-electron chi connectivity index (χ1n) is 18.8. The summed E-state index contributed by atoms with van der Waals surface area (Å²) in [6, 6.07) is 0. The first-order chi connectivity index (χ1) is 21.9. The van der Waals surface area contributed by atoms with Gasteiger partial charge in [0, 0.05) is 12.8 Å². The molecule has 0 aromatic carbocycles. The van der Waals surface area contributed by atoms with Crippen LogP contribution in [0.1, 0.15) is 194 Å². The summed E-state index contributed by atoms with van der Waals surface area (Å²) in [7, 11) is 0. The van der Waals surface area contributed by atoms with Gasteiger partial charge in [0.05, 0.1) is 6.61 Å². The molecule has 0 aliphatic heterocycles. The van der Waals surface area contributed by atoms with Crippen molar-refractivity contribution >= 4 is 17.7 Å². The van der Waals surface area contributed by atoms with E-state index in [9.17, 15) is 24.6 Å². The van der Waals surface area contributed by atoms with Crippen molar-refractivity contribution in [1.29, 1.82) is 0 Å². The molecule has 6 nitrogen and oxygen atoms in total. The lowest BCUT2D eigenvalue weighted by Crippen LogP contribution is -2.51. The Balaban J connectivity index is 3.87. The van der Waals surface area contributed by atoms with Gasteiger partial charge in [0.2, 0.25) is 5.60 Å². The number of ether oxygens (including phenoxy) is 1. The quantitative estimate of drug-likeness (QED) is 0.0322. The van der Waals surface area contributed by atoms with Crippen molar-refractivity contribution < 1.29 is 29.3 Å². The first kappa shape index (κ1) is 43.2. The van der Waals surface area contributed by atoms with E-state index in [0.29, 0.717) is 12.8 Å².